The number of hydrogen-bond donors (Lipinski definition) is 1. The van der Waals surface area contributed by atoms with E-state index >= 15 is 0 Å². The van der Waals surface area contributed by atoms with Gasteiger partial charge in [-0.3, -0.25) is 0 Å². The molecule has 92 valence electrons. The summed E-state index contributed by atoms with van der Waals surface area (Å²) < 4.78 is 12.1. The van der Waals surface area contributed by atoms with Gasteiger partial charge in [0, 0.05) is 20.7 Å². The van der Waals surface area contributed by atoms with Crippen LogP contribution in [0.4, 0.5) is 0 Å². The zero-order valence-corrected chi connectivity index (χ0v) is 10.1. The van der Waals surface area contributed by atoms with E-state index in [-0.39, 0.29) is 6.04 Å². The average Bonchev–Trinajstić information content (AvgIpc) is 2.69. The second-order valence-electron chi connectivity index (χ2n) is 3.58. The number of nitrogens with zero attached hydrogens (tertiary/aromatic N) is 3. The van der Waals surface area contributed by atoms with Crippen LogP contribution in [-0.2, 0) is 16.5 Å². The van der Waals surface area contributed by atoms with Crippen LogP contribution >= 0.6 is 0 Å². The SMILES string of the molecule is COCCOCCNC(C)c1nncn1C. The van der Waals surface area contributed by atoms with Crippen LogP contribution in [0.2, 0.25) is 0 Å². The van der Waals surface area contributed by atoms with E-state index in [4.69, 9.17) is 9.47 Å². The van der Waals surface area contributed by atoms with E-state index in [0.717, 1.165) is 12.4 Å². The van der Waals surface area contributed by atoms with Crippen LogP contribution in [0, 0.1) is 0 Å². The summed E-state index contributed by atoms with van der Waals surface area (Å²) in [6, 6.07) is 0.179. The van der Waals surface area contributed by atoms with Crippen molar-refractivity contribution in [3.05, 3.63) is 12.2 Å². The van der Waals surface area contributed by atoms with Gasteiger partial charge < -0.3 is 19.4 Å². The Balaban J connectivity index is 2.11. The van der Waals surface area contributed by atoms with Gasteiger partial charge in [0.1, 0.15) is 12.2 Å². The summed E-state index contributed by atoms with van der Waals surface area (Å²) in [5.74, 6) is 0.928. The molecule has 0 aliphatic rings. The number of ether oxygens (including phenoxy) is 2. The molecular formula is C10H20N4O2. The fourth-order valence-corrected chi connectivity index (χ4v) is 1.37. The van der Waals surface area contributed by atoms with E-state index in [2.05, 4.69) is 22.4 Å². The molecule has 1 unspecified atom stereocenters. The molecule has 0 saturated carbocycles. The molecule has 0 aliphatic heterocycles. The maximum Gasteiger partial charge on any atom is 0.149 e. The van der Waals surface area contributed by atoms with Gasteiger partial charge in [-0.15, -0.1) is 10.2 Å². The van der Waals surface area contributed by atoms with Gasteiger partial charge in [-0.25, -0.2) is 0 Å². The van der Waals surface area contributed by atoms with Gasteiger partial charge >= 0.3 is 0 Å². The highest BCUT2D eigenvalue weighted by Crippen LogP contribution is 2.05. The minimum atomic E-state index is 0.179. The summed E-state index contributed by atoms with van der Waals surface area (Å²) in [6.07, 6.45) is 1.70. The smallest absolute Gasteiger partial charge is 0.149 e. The zero-order chi connectivity index (χ0) is 11.8. The average molecular weight is 228 g/mol. The highest BCUT2D eigenvalue weighted by atomic mass is 16.5. The molecule has 0 fully saturated rings. The minimum Gasteiger partial charge on any atom is -0.382 e. The lowest BCUT2D eigenvalue weighted by molar-refractivity contribution is 0.0711. The lowest BCUT2D eigenvalue weighted by Gasteiger charge is -2.12. The Morgan fingerprint density at radius 3 is 2.88 bits per heavy atom. The Hall–Kier alpha value is -0.980. The number of aryl methyl sites for hydroxylation is 1. The molecule has 0 spiro atoms. The second-order valence-corrected chi connectivity index (χ2v) is 3.58. The molecule has 6 heteroatoms. The Morgan fingerprint density at radius 1 is 1.44 bits per heavy atom. The quantitative estimate of drug-likeness (QED) is 0.641. The molecular weight excluding hydrogens is 208 g/mol. The molecule has 16 heavy (non-hydrogen) atoms. The van der Waals surface area contributed by atoms with E-state index in [1.807, 2.05) is 11.6 Å². The van der Waals surface area contributed by atoms with Crippen LogP contribution in [0.25, 0.3) is 0 Å². The van der Waals surface area contributed by atoms with Gasteiger partial charge in [0.25, 0.3) is 0 Å². The van der Waals surface area contributed by atoms with E-state index < -0.39 is 0 Å². The molecule has 1 aromatic rings. The van der Waals surface area contributed by atoms with Gasteiger partial charge in [-0.1, -0.05) is 0 Å². The third kappa shape index (κ3) is 4.26. The van der Waals surface area contributed by atoms with E-state index in [9.17, 15) is 0 Å². The van der Waals surface area contributed by atoms with Crippen LogP contribution in [-0.4, -0.2) is 48.2 Å². The third-order valence-electron chi connectivity index (χ3n) is 2.26. The van der Waals surface area contributed by atoms with Crippen LogP contribution < -0.4 is 5.32 Å². The molecule has 0 aromatic carbocycles. The summed E-state index contributed by atoms with van der Waals surface area (Å²) in [6.45, 7) is 4.79. The predicted molar refractivity (Wildman–Crippen MR) is 60.1 cm³/mol. The van der Waals surface area contributed by atoms with Crippen molar-refractivity contribution in [1.82, 2.24) is 20.1 Å². The highest BCUT2D eigenvalue weighted by Gasteiger charge is 2.09. The van der Waals surface area contributed by atoms with Gasteiger partial charge in [0.2, 0.25) is 0 Å². The standard InChI is InChI=1S/C10H20N4O2/c1-9(10-13-12-8-14(10)2)11-4-5-16-7-6-15-3/h8-9,11H,4-7H2,1-3H3. The van der Waals surface area contributed by atoms with Crippen LogP contribution in [0.3, 0.4) is 0 Å². The predicted octanol–water partition coefficient (Wildman–Crippen LogP) is 0.129. The van der Waals surface area contributed by atoms with E-state index in [1.165, 1.54) is 0 Å². The maximum absolute atomic E-state index is 5.34. The molecule has 1 heterocycles. The second kappa shape index (κ2) is 7.32. The molecule has 1 N–H and O–H groups in total. The fourth-order valence-electron chi connectivity index (χ4n) is 1.37. The van der Waals surface area contributed by atoms with Crippen LogP contribution in [0.15, 0.2) is 6.33 Å². The summed E-state index contributed by atoms with van der Waals surface area (Å²) in [7, 11) is 3.60. The molecule has 0 amide bonds. The van der Waals surface area contributed by atoms with E-state index in [0.29, 0.717) is 19.8 Å². The van der Waals surface area contributed by atoms with E-state index in [1.54, 1.807) is 13.4 Å². The summed E-state index contributed by atoms with van der Waals surface area (Å²) in [5, 5.41) is 11.2. The van der Waals surface area contributed by atoms with Crippen molar-refractivity contribution in [3.63, 3.8) is 0 Å². The number of hydrogen-bond acceptors (Lipinski definition) is 5. The summed E-state index contributed by atoms with van der Waals surface area (Å²) >= 11 is 0. The Morgan fingerprint density at radius 2 is 2.25 bits per heavy atom. The monoisotopic (exact) mass is 228 g/mol. The first-order valence-electron chi connectivity index (χ1n) is 5.39. The summed E-state index contributed by atoms with van der Waals surface area (Å²) in [4.78, 5) is 0. The van der Waals surface area contributed by atoms with Crippen molar-refractivity contribution in [2.24, 2.45) is 7.05 Å². The molecule has 1 aromatic heterocycles. The number of methoxy groups -OCH3 is 1. The normalized spacial score (nSPS) is 12.9. The zero-order valence-electron chi connectivity index (χ0n) is 10.1. The Bertz CT molecular complexity index is 290. The molecule has 0 aliphatic carbocycles. The fraction of sp³-hybridized carbons (Fsp3) is 0.800. The molecule has 0 radical (unpaired) electrons. The minimum absolute atomic E-state index is 0.179. The highest BCUT2D eigenvalue weighted by molar-refractivity contribution is 4.91. The molecule has 0 saturated heterocycles. The van der Waals surface area contributed by atoms with Crippen LogP contribution in [0.5, 0.6) is 0 Å². The van der Waals surface area contributed by atoms with Crippen molar-refractivity contribution >= 4 is 0 Å². The first kappa shape index (κ1) is 13.1. The number of rotatable bonds is 8. The van der Waals surface area contributed by atoms with Crippen molar-refractivity contribution in [3.8, 4) is 0 Å². The Labute approximate surface area is 96.0 Å². The van der Waals surface area contributed by atoms with Crippen LogP contribution in [0.1, 0.15) is 18.8 Å². The Kier molecular flexibility index (Phi) is 5.99. The largest absolute Gasteiger partial charge is 0.382 e. The molecule has 1 atom stereocenters. The van der Waals surface area contributed by atoms with Crippen molar-refractivity contribution in [2.45, 2.75) is 13.0 Å². The lowest BCUT2D eigenvalue weighted by atomic mass is 10.3. The van der Waals surface area contributed by atoms with Crippen molar-refractivity contribution in [1.29, 1.82) is 0 Å². The first-order chi connectivity index (χ1) is 7.75. The molecule has 6 nitrogen and oxygen atoms in total. The van der Waals surface area contributed by atoms with Crippen molar-refractivity contribution < 1.29 is 9.47 Å². The topological polar surface area (TPSA) is 61.2 Å². The third-order valence-corrected chi connectivity index (χ3v) is 2.26. The molecule has 1 rings (SSSR count). The summed E-state index contributed by atoms with van der Waals surface area (Å²) in [5.41, 5.74) is 0. The maximum atomic E-state index is 5.34. The van der Waals surface area contributed by atoms with Gasteiger partial charge in [-0.05, 0) is 6.92 Å². The van der Waals surface area contributed by atoms with Gasteiger partial charge in [0.05, 0.1) is 25.9 Å². The number of aromatic nitrogens is 3. The molecule has 0 bridgehead atoms. The first-order valence-corrected chi connectivity index (χ1v) is 5.39. The van der Waals surface area contributed by atoms with Gasteiger partial charge in [0.15, 0.2) is 0 Å². The van der Waals surface area contributed by atoms with Gasteiger partial charge in [-0.2, -0.15) is 0 Å². The lowest BCUT2D eigenvalue weighted by Crippen LogP contribution is -2.25. The number of nitrogens with one attached hydrogen (secondary N) is 1. The van der Waals surface area contributed by atoms with Crippen molar-refractivity contribution in [2.75, 3.05) is 33.5 Å².